The first-order valence-corrected chi connectivity index (χ1v) is 12.7. The van der Waals surface area contributed by atoms with Gasteiger partial charge in [0.2, 0.25) is 0 Å². The molecule has 0 aromatic carbocycles. The van der Waals surface area contributed by atoms with Crippen LogP contribution in [0, 0.1) is 10.8 Å². The Kier molecular flexibility index (Phi) is 9.06. The van der Waals surface area contributed by atoms with E-state index in [1.165, 1.54) is 0 Å². The molecule has 34 heavy (non-hydrogen) atoms. The number of carbonyl (C=O) groups is 2. The summed E-state index contributed by atoms with van der Waals surface area (Å²) in [6.45, 7) is 15.8. The van der Waals surface area contributed by atoms with Gasteiger partial charge in [0.1, 0.15) is 11.5 Å². The molecule has 0 saturated carbocycles. The van der Waals surface area contributed by atoms with Gasteiger partial charge in [-0.1, -0.05) is 27.7 Å². The van der Waals surface area contributed by atoms with Crippen molar-refractivity contribution in [3.05, 3.63) is 22.7 Å². The minimum Gasteiger partial charge on any atom is -0.511 e. The molecule has 6 heteroatoms. The molecule has 2 rings (SSSR count). The number of aliphatic hydroxyl groups is 2. The Labute approximate surface area is 205 Å². The normalized spacial score (nSPS) is 21.8. The quantitative estimate of drug-likeness (QED) is 0.290. The van der Waals surface area contributed by atoms with E-state index < -0.39 is 0 Å². The molecule has 190 valence electrons. The molecule has 0 aliphatic heterocycles. The Bertz CT molecular complexity index is 854. The molecule has 0 bridgehead atoms. The van der Waals surface area contributed by atoms with Crippen LogP contribution in [-0.4, -0.2) is 45.3 Å². The van der Waals surface area contributed by atoms with E-state index in [1.807, 2.05) is 55.4 Å². The van der Waals surface area contributed by atoms with Crippen LogP contribution in [0.5, 0.6) is 0 Å². The van der Waals surface area contributed by atoms with Gasteiger partial charge >= 0.3 is 0 Å². The van der Waals surface area contributed by atoms with E-state index in [9.17, 15) is 19.8 Å². The highest BCUT2D eigenvalue weighted by molar-refractivity contribution is 6.24. The van der Waals surface area contributed by atoms with Crippen LogP contribution in [0.2, 0.25) is 0 Å². The van der Waals surface area contributed by atoms with Crippen LogP contribution in [-0.2, 0) is 9.59 Å². The van der Waals surface area contributed by atoms with E-state index in [0.717, 1.165) is 12.8 Å². The molecular formula is C28H44N2O4. The first kappa shape index (κ1) is 28.0. The molecule has 0 fully saturated rings. The second-order valence-electron chi connectivity index (χ2n) is 12.1. The standard InChI is InChI=1S/C28H44N2O4/c1-17(2)29-19(25-21(31)13-27(5,6)14-22(25)32)11-9-10-12-20(30-18(3)4)26-23(33)15-28(7,8)16-24(26)34/h17-18,31,33H,9-16H2,1-8H3. The van der Waals surface area contributed by atoms with Gasteiger partial charge in [0.15, 0.2) is 11.6 Å². The van der Waals surface area contributed by atoms with Gasteiger partial charge < -0.3 is 10.2 Å². The molecule has 0 atom stereocenters. The summed E-state index contributed by atoms with van der Waals surface area (Å²) >= 11 is 0. The summed E-state index contributed by atoms with van der Waals surface area (Å²) in [5.74, 6) is 0.211. The average molecular weight is 473 g/mol. The molecule has 2 N–H and O–H groups in total. The SMILES string of the molecule is CC(C)N=C(CCCCC(=NC(C)C)C1=C(O)CC(C)(C)CC1=O)C1=C(O)CC(C)(C)CC1=O. The number of hydrogen-bond donors (Lipinski definition) is 2. The highest BCUT2D eigenvalue weighted by Crippen LogP contribution is 2.38. The third-order valence-corrected chi connectivity index (χ3v) is 6.19. The number of aliphatic imine (C=N–C) groups is 2. The van der Waals surface area contributed by atoms with Crippen molar-refractivity contribution in [1.29, 1.82) is 0 Å². The van der Waals surface area contributed by atoms with Crippen molar-refractivity contribution in [2.24, 2.45) is 20.8 Å². The van der Waals surface area contributed by atoms with Crippen molar-refractivity contribution in [1.82, 2.24) is 0 Å². The largest absolute Gasteiger partial charge is 0.511 e. The average Bonchev–Trinajstić information content (AvgIpc) is 2.60. The number of aliphatic hydroxyl groups excluding tert-OH is 2. The molecule has 6 nitrogen and oxygen atoms in total. The Morgan fingerprint density at radius 1 is 0.706 bits per heavy atom. The smallest absolute Gasteiger partial charge is 0.168 e. The lowest BCUT2D eigenvalue weighted by atomic mass is 9.75. The zero-order chi connectivity index (χ0) is 25.8. The number of Topliss-reactive ketones (excluding diaryl/α,β-unsaturated/α-hetero) is 2. The number of unbranched alkanes of at least 4 members (excludes halogenated alkanes) is 1. The number of ketones is 2. The Morgan fingerprint density at radius 2 is 1.03 bits per heavy atom. The molecule has 0 spiro atoms. The van der Waals surface area contributed by atoms with Crippen LogP contribution in [0.1, 0.15) is 107 Å². The second kappa shape index (κ2) is 11.0. The van der Waals surface area contributed by atoms with Gasteiger partial charge in [-0.05, 0) is 64.2 Å². The number of allylic oxidation sites excluding steroid dienone is 4. The van der Waals surface area contributed by atoms with E-state index in [4.69, 9.17) is 0 Å². The van der Waals surface area contributed by atoms with Crippen molar-refractivity contribution in [3.8, 4) is 0 Å². The maximum atomic E-state index is 12.8. The molecule has 0 aromatic rings. The molecule has 2 aliphatic rings. The van der Waals surface area contributed by atoms with Crippen LogP contribution >= 0.6 is 0 Å². The third-order valence-electron chi connectivity index (χ3n) is 6.19. The third kappa shape index (κ3) is 7.64. The summed E-state index contributed by atoms with van der Waals surface area (Å²) < 4.78 is 0. The second-order valence-corrected chi connectivity index (χ2v) is 12.1. The predicted molar refractivity (Wildman–Crippen MR) is 139 cm³/mol. The summed E-state index contributed by atoms with van der Waals surface area (Å²) in [6, 6.07) is 0.0304. The summed E-state index contributed by atoms with van der Waals surface area (Å²) in [5, 5.41) is 21.3. The van der Waals surface area contributed by atoms with Gasteiger partial charge in [-0.2, -0.15) is 0 Å². The van der Waals surface area contributed by atoms with E-state index in [-0.39, 0.29) is 46.0 Å². The summed E-state index contributed by atoms with van der Waals surface area (Å²) in [6.07, 6.45) is 4.38. The van der Waals surface area contributed by atoms with Gasteiger partial charge in [0.05, 0.1) is 11.1 Å². The minimum absolute atomic E-state index is 0.0152. The zero-order valence-corrected chi connectivity index (χ0v) is 22.4. The summed E-state index contributed by atoms with van der Waals surface area (Å²) in [7, 11) is 0. The zero-order valence-electron chi connectivity index (χ0n) is 22.4. The topological polar surface area (TPSA) is 99.3 Å². The molecular weight excluding hydrogens is 428 g/mol. The minimum atomic E-state index is -0.243. The molecule has 0 saturated heterocycles. The Balaban J connectivity index is 2.18. The molecule has 2 aliphatic carbocycles. The fourth-order valence-corrected chi connectivity index (χ4v) is 4.95. The van der Waals surface area contributed by atoms with Crippen molar-refractivity contribution in [3.63, 3.8) is 0 Å². The lowest BCUT2D eigenvalue weighted by Gasteiger charge is -2.30. The number of hydrogen-bond acceptors (Lipinski definition) is 6. The molecule has 0 unspecified atom stereocenters. The van der Waals surface area contributed by atoms with Crippen molar-refractivity contribution >= 4 is 23.0 Å². The van der Waals surface area contributed by atoms with Crippen LogP contribution in [0.25, 0.3) is 0 Å². The van der Waals surface area contributed by atoms with E-state index in [0.29, 0.717) is 61.1 Å². The Morgan fingerprint density at radius 3 is 1.29 bits per heavy atom. The molecule has 0 radical (unpaired) electrons. The van der Waals surface area contributed by atoms with Crippen LogP contribution in [0.15, 0.2) is 32.6 Å². The number of rotatable bonds is 9. The van der Waals surface area contributed by atoms with Gasteiger partial charge in [-0.15, -0.1) is 0 Å². The van der Waals surface area contributed by atoms with Gasteiger partial charge in [-0.25, -0.2) is 0 Å². The first-order chi connectivity index (χ1) is 15.6. The van der Waals surface area contributed by atoms with E-state index >= 15 is 0 Å². The lowest BCUT2D eigenvalue weighted by Crippen LogP contribution is -2.30. The monoisotopic (exact) mass is 472 g/mol. The maximum Gasteiger partial charge on any atom is 0.168 e. The number of carbonyl (C=O) groups excluding carboxylic acids is 2. The fraction of sp³-hybridized carbons (Fsp3) is 0.714. The van der Waals surface area contributed by atoms with Gasteiger partial charge in [0, 0.05) is 49.2 Å². The highest BCUT2D eigenvalue weighted by Gasteiger charge is 2.36. The molecule has 0 heterocycles. The van der Waals surface area contributed by atoms with E-state index in [1.54, 1.807) is 0 Å². The molecule has 0 amide bonds. The fourth-order valence-electron chi connectivity index (χ4n) is 4.95. The van der Waals surface area contributed by atoms with Crippen LogP contribution in [0.4, 0.5) is 0 Å². The van der Waals surface area contributed by atoms with Crippen molar-refractivity contribution in [2.75, 3.05) is 0 Å². The van der Waals surface area contributed by atoms with Crippen molar-refractivity contribution in [2.45, 2.75) is 119 Å². The van der Waals surface area contributed by atoms with E-state index in [2.05, 4.69) is 9.98 Å². The number of nitrogens with zero attached hydrogens (tertiary/aromatic N) is 2. The Hall–Kier alpha value is -2.24. The van der Waals surface area contributed by atoms with Gasteiger partial charge in [-0.3, -0.25) is 19.6 Å². The van der Waals surface area contributed by atoms with Crippen LogP contribution in [0.3, 0.4) is 0 Å². The highest BCUT2D eigenvalue weighted by atomic mass is 16.3. The maximum absolute atomic E-state index is 12.8. The summed E-state index contributed by atoms with van der Waals surface area (Å²) in [4.78, 5) is 35.1. The van der Waals surface area contributed by atoms with Crippen LogP contribution < -0.4 is 0 Å². The predicted octanol–water partition coefficient (Wildman–Crippen LogP) is 6.65. The first-order valence-electron chi connectivity index (χ1n) is 12.7. The summed E-state index contributed by atoms with van der Waals surface area (Å²) in [5.41, 5.74) is 1.66. The van der Waals surface area contributed by atoms with Crippen molar-refractivity contribution < 1.29 is 19.8 Å². The lowest BCUT2D eigenvalue weighted by molar-refractivity contribution is -0.118. The van der Waals surface area contributed by atoms with Gasteiger partial charge in [0.25, 0.3) is 0 Å². The molecule has 0 aromatic heterocycles.